The van der Waals surface area contributed by atoms with Crippen LogP contribution in [-0.2, 0) is 16.0 Å². The molecule has 0 saturated carbocycles. The van der Waals surface area contributed by atoms with Gasteiger partial charge in [0.15, 0.2) is 4.34 Å². The van der Waals surface area contributed by atoms with Crippen molar-refractivity contribution in [3.8, 4) is 0 Å². The topological polar surface area (TPSA) is 76.6 Å². The standard InChI is InChI=1S/C22H26N2O4S2/c1-13-16(11-12-24-17(25)14-9-7-8-10-15(14)18(24)26)29-20(23-13)30-22(5,6)19(27)28-21(2,3)4/h7-10H,11-12H2,1-6H3. The van der Waals surface area contributed by atoms with Crippen LogP contribution in [0.1, 0.15) is 65.9 Å². The van der Waals surface area contributed by atoms with E-state index in [0.717, 1.165) is 14.9 Å². The number of carbonyl (C=O) groups excluding carboxylic acids is 3. The number of rotatable bonds is 6. The zero-order valence-electron chi connectivity index (χ0n) is 18.1. The second-order valence-corrected chi connectivity index (χ2v) is 11.6. The molecular formula is C22H26N2O4S2. The van der Waals surface area contributed by atoms with Crippen molar-refractivity contribution in [2.24, 2.45) is 0 Å². The maximum absolute atomic E-state index is 12.5. The summed E-state index contributed by atoms with van der Waals surface area (Å²) in [5.74, 6) is -0.794. The fourth-order valence-electron chi connectivity index (χ4n) is 2.99. The Balaban J connectivity index is 1.67. The average Bonchev–Trinajstić information content (AvgIpc) is 3.09. The van der Waals surface area contributed by atoms with E-state index in [9.17, 15) is 14.4 Å². The Labute approximate surface area is 185 Å². The molecule has 0 atom stereocenters. The van der Waals surface area contributed by atoms with Gasteiger partial charge in [0.05, 0.1) is 16.8 Å². The van der Waals surface area contributed by atoms with E-state index in [2.05, 4.69) is 4.98 Å². The predicted molar refractivity (Wildman–Crippen MR) is 118 cm³/mol. The molecular weight excluding hydrogens is 420 g/mol. The number of esters is 1. The van der Waals surface area contributed by atoms with Crippen LogP contribution in [0.25, 0.3) is 0 Å². The molecule has 1 aromatic heterocycles. The summed E-state index contributed by atoms with van der Waals surface area (Å²) in [6.07, 6.45) is 0.530. The van der Waals surface area contributed by atoms with Crippen molar-refractivity contribution in [3.05, 3.63) is 46.0 Å². The molecule has 0 spiro atoms. The van der Waals surface area contributed by atoms with Gasteiger partial charge in [-0.15, -0.1) is 11.3 Å². The molecule has 2 heterocycles. The summed E-state index contributed by atoms with van der Waals surface area (Å²) in [5, 5.41) is 0. The minimum Gasteiger partial charge on any atom is -0.459 e. The molecule has 1 aliphatic heterocycles. The largest absolute Gasteiger partial charge is 0.459 e. The summed E-state index contributed by atoms with van der Waals surface area (Å²) in [5.41, 5.74) is 1.21. The highest BCUT2D eigenvalue weighted by molar-refractivity contribution is 8.03. The van der Waals surface area contributed by atoms with Crippen molar-refractivity contribution in [2.75, 3.05) is 6.54 Å². The number of benzene rings is 1. The molecule has 3 rings (SSSR count). The van der Waals surface area contributed by atoms with Crippen LogP contribution in [0.2, 0.25) is 0 Å². The lowest BCUT2D eigenvalue weighted by atomic mass is 10.1. The summed E-state index contributed by atoms with van der Waals surface area (Å²) < 4.78 is 5.50. The van der Waals surface area contributed by atoms with Gasteiger partial charge >= 0.3 is 5.97 Å². The SMILES string of the molecule is Cc1nc(SC(C)(C)C(=O)OC(C)(C)C)sc1CCN1C(=O)c2ccccc2C1=O. The summed E-state index contributed by atoms with van der Waals surface area (Å²) in [6.45, 7) is 11.4. The maximum atomic E-state index is 12.5. The molecule has 0 unspecified atom stereocenters. The fourth-order valence-corrected chi connectivity index (χ4v) is 5.61. The van der Waals surface area contributed by atoms with Crippen molar-refractivity contribution in [1.29, 1.82) is 0 Å². The Hall–Kier alpha value is -2.19. The van der Waals surface area contributed by atoms with Gasteiger partial charge in [0, 0.05) is 17.8 Å². The number of thiazole rings is 1. The van der Waals surface area contributed by atoms with Crippen molar-refractivity contribution in [3.63, 3.8) is 0 Å². The molecule has 2 aromatic rings. The van der Waals surface area contributed by atoms with Crippen molar-refractivity contribution in [2.45, 2.75) is 62.7 Å². The lowest BCUT2D eigenvalue weighted by Gasteiger charge is -2.27. The van der Waals surface area contributed by atoms with Gasteiger partial charge in [0.2, 0.25) is 0 Å². The lowest BCUT2D eigenvalue weighted by Crippen LogP contribution is -2.36. The Morgan fingerprint density at radius 3 is 2.20 bits per heavy atom. The van der Waals surface area contributed by atoms with E-state index in [4.69, 9.17) is 4.74 Å². The Morgan fingerprint density at radius 2 is 1.67 bits per heavy atom. The van der Waals surface area contributed by atoms with Crippen LogP contribution < -0.4 is 0 Å². The Bertz CT molecular complexity index is 970. The first-order chi connectivity index (χ1) is 13.9. The second-order valence-electron chi connectivity index (χ2n) is 8.66. The third-order valence-electron chi connectivity index (χ3n) is 4.55. The molecule has 1 aromatic carbocycles. The van der Waals surface area contributed by atoms with E-state index in [-0.39, 0.29) is 17.8 Å². The molecule has 0 fully saturated rings. The molecule has 1 aliphatic rings. The molecule has 0 saturated heterocycles. The molecule has 2 amide bonds. The highest BCUT2D eigenvalue weighted by atomic mass is 32.2. The number of aromatic nitrogens is 1. The lowest BCUT2D eigenvalue weighted by molar-refractivity contribution is -0.156. The minimum absolute atomic E-state index is 0.251. The van der Waals surface area contributed by atoms with Gasteiger partial charge in [-0.25, -0.2) is 4.98 Å². The van der Waals surface area contributed by atoms with Gasteiger partial charge in [-0.2, -0.15) is 0 Å². The number of hydrogen-bond donors (Lipinski definition) is 0. The summed E-state index contributed by atoms with van der Waals surface area (Å²) >= 11 is 2.85. The van der Waals surface area contributed by atoms with E-state index in [0.29, 0.717) is 24.1 Å². The van der Waals surface area contributed by atoms with E-state index >= 15 is 0 Å². The Kier molecular flexibility index (Phi) is 6.11. The maximum Gasteiger partial charge on any atom is 0.322 e. The first-order valence-electron chi connectivity index (χ1n) is 9.73. The minimum atomic E-state index is -0.780. The molecule has 30 heavy (non-hydrogen) atoms. The molecule has 0 bridgehead atoms. The monoisotopic (exact) mass is 446 g/mol. The third-order valence-corrected chi connectivity index (χ3v) is 7.00. The number of ether oxygens (including phenoxy) is 1. The van der Waals surface area contributed by atoms with Crippen molar-refractivity contribution < 1.29 is 19.1 Å². The molecule has 0 N–H and O–H groups in total. The Morgan fingerprint density at radius 1 is 1.10 bits per heavy atom. The van der Waals surface area contributed by atoms with Crippen LogP contribution in [0.15, 0.2) is 28.6 Å². The van der Waals surface area contributed by atoms with Crippen molar-refractivity contribution in [1.82, 2.24) is 9.88 Å². The second kappa shape index (κ2) is 8.15. The number of thioether (sulfide) groups is 1. The normalized spacial score (nSPS) is 14.3. The van der Waals surface area contributed by atoms with Crippen LogP contribution >= 0.6 is 23.1 Å². The number of fused-ring (bicyclic) bond motifs is 1. The van der Waals surface area contributed by atoms with E-state index in [1.165, 1.54) is 28.0 Å². The van der Waals surface area contributed by atoms with E-state index in [1.54, 1.807) is 24.3 Å². The van der Waals surface area contributed by atoms with E-state index in [1.807, 2.05) is 41.5 Å². The highest BCUT2D eigenvalue weighted by Crippen LogP contribution is 2.38. The molecule has 160 valence electrons. The number of imide groups is 1. The summed E-state index contributed by atoms with van der Waals surface area (Å²) in [7, 11) is 0. The zero-order valence-corrected chi connectivity index (χ0v) is 19.7. The quantitative estimate of drug-likeness (QED) is 0.369. The van der Waals surface area contributed by atoms with Gasteiger partial charge in [-0.1, -0.05) is 23.9 Å². The molecule has 0 radical (unpaired) electrons. The number of carbonyl (C=O) groups is 3. The smallest absolute Gasteiger partial charge is 0.322 e. The predicted octanol–water partition coefficient (Wildman–Crippen LogP) is 4.50. The van der Waals surface area contributed by atoms with Gasteiger partial charge in [-0.05, 0) is 53.7 Å². The average molecular weight is 447 g/mol. The number of amides is 2. The fraction of sp³-hybridized carbons (Fsp3) is 0.455. The van der Waals surface area contributed by atoms with Crippen LogP contribution in [0.5, 0.6) is 0 Å². The number of nitrogens with zero attached hydrogens (tertiary/aromatic N) is 2. The number of hydrogen-bond acceptors (Lipinski definition) is 7. The van der Waals surface area contributed by atoms with Gasteiger partial charge in [-0.3, -0.25) is 19.3 Å². The van der Waals surface area contributed by atoms with E-state index < -0.39 is 10.3 Å². The first kappa shape index (κ1) is 22.5. The van der Waals surface area contributed by atoms with Gasteiger partial charge < -0.3 is 4.74 Å². The van der Waals surface area contributed by atoms with Gasteiger partial charge in [0.25, 0.3) is 11.8 Å². The van der Waals surface area contributed by atoms with Crippen LogP contribution in [0, 0.1) is 6.92 Å². The highest BCUT2D eigenvalue weighted by Gasteiger charge is 2.36. The summed E-state index contributed by atoms with van der Waals surface area (Å²) in [6, 6.07) is 6.88. The van der Waals surface area contributed by atoms with Crippen LogP contribution in [0.3, 0.4) is 0 Å². The number of aryl methyl sites for hydroxylation is 1. The van der Waals surface area contributed by atoms with Gasteiger partial charge in [0.1, 0.15) is 10.3 Å². The van der Waals surface area contributed by atoms with Crippen LogP contribution in [-0.4, -0.2) is 44.6 Å². The third kappa shape index (κ3) is 4.75. The molecule has 0 aliphatic carbocycles. The van der Waals surface area contributed by atoms with Crippen LogP contribution in [0.4, 0.5) is 0 Å². The summed E-state index contributed by atoms with van der Waals surface area (Å²) in [4.78, 5) is 44.4. The molecule has 6 nitrogen and oxygen atoms in total. The van der Waals surface area contributed by atoms with Crippen molar-refractivity contribution >= 4 is 40.9 Å². The molecule has 8 heteroatoms. The zero-order chi connectivity index (χ0) is 22.3. The first-order valence-corrected chi connectivity index (χ1v) is 11.4.